The molecule has 134 valence electrons. The van der Waals surface area contributed by atoms with Crippen molar-refractivity contribution in [3.05, 3.63) is 46.5 Å². The number of thioether (sulfide) groups is 1. The summed E-state index contributed by atoms with van der Waals surface area (Å²) in [5.74, 6) is 0.142. The molecule has 25 heavy (non-hydrogen) atoms. The number of allylic oxidation sites excluding steroid dienone is 1. The van der Waals surface area contributed by atoms with Crippen LogP contribution in [0.3, 0.4) is 0 Å². The van der Waals surface area contributed by atoms with Crippen LogP contribution >= 0.6 is 11.8 Å². The largest absolute Gasteiger partial charge is 0.355 e. The number of Topliss-reactive ketones (excluding diaryl/α,β-unsaturated/α-hetero) is 1. The molecule has 0 aromatic heterocycles. The van der Waals surface area contributed by atoms with Gasteiger partial charge in [-0.25, -0.2) is 0 Å². The standard InChI is InChI=1S/C19H25N3O2S/c1-14-17(21(2)18(25-14)15-7-4-3-5-8-15)16(24)11-22-12-19(20,13-22)9-6-10-23/h3-5,7-8,10,18H,6,9,11-13,20H2,1-2H3. The summed E-state index contributed by atoms with van der Waals surface area (Å²) in [5.41, 5.74) is 7.92. The van der Waals surface area contributed by atoms with Gasteiger partial charge in [0.15, 0.2) is 5.78 Å². The first-order valence-electron chi connectivity index (χ1n) is 8.57. The zero-order chi connectivity index (χ0) is 18.0. The Labute approximate surface area is 153 Å². The summed E-state index contributed by atoms with van der Waals surface area (Å²) >= 11 is 1.73. The molecule has 5 nitrogen and oxygen atoms in total. The van der Waals surface area contributed by atoms with Gasteiger partial charge in [0, 0.05) is 37.0 Å². The summed E-state index contributed by atoms with van der Waals surface area (Å²) < 4.78 is 0. The van der Waals surface area contributed by atoms with Crippen LogP contribution in [-0.4, -0.2) is 54.1 Å². The van der Waals surface area contributed by atoms with Gasteiger partial charge in [-0.1, -0.05) is 42.1 Å². The van der Waals surface area contributed by atoms with E-state index in [0.29, 0.717) is 32.5 Å². The molecule has 1 fully saturated rings. The molecule has 0 bridgehead atoms. The minimum Gasteiger partial charge on any atom is -0.355 e. The molecule has 1 saturated heterocycles. The maximum Gasteiger partial charge on any atom is 0.193 e. The number of hydrogen-bond donors (Lipinski definition) is 1. The third kappa shape index (κ3) is 3.81. The van der Waals surface area contributed by atoms with Crippen LogP contribution in [0.2, 0.25) is 0 Å². The minimum absolute atomic E-state index is 0.142. The highest BCUT2D eigenvalue weighted by Crippen LogP contribution is 2.46. The molecular weight excluding hydrogens is 334 g/mol. The molecule has 2 aliphatic heterocycles. The summed E-state index contributed by atoms with van der Waals surface area (Å²) in [6.45, 7) is 3.76. The Bertz CT molecular complexity index is 683. The number of nitrogens with two attached hydrogens (primary N) is 1. The molecule has 0 amide bonds. The molecule has 1 unspecified atom stereocenters. The molecule has 1 aromatic rings. The van der Waals surface area contributed by atoms with E-state index < -0.39 is 0 Å². The maximum atomic E-state index is 12.8. The Morgan fingerprint density at radius 2 is 2.04 bits per heavy atom. The average Bonchev–Trinajstić information content (AvgIpc) is 2.87. The van der Waals surface area contributed by atoms with Crippen molar-refractivity contribution >= 4 is 23.8 Å². The lowest BCUT2D eigenvalue weighted by Crippen LogP contribution is -2.67. The fraction of sp³-hybridized carbons (Fsp3) is 0.474. The Kier molecular flexibility index (Phi) is 5.32. The highest BCUT2D eigenvalue weighted by molar-refractivity contribution is 8.03. The smallest absolute Gasteiger partial charge is 0.193 e. The summed E-state index contributed by atoms with van der Waals surface area (Å²) in [5, 5.41) is 0.151. The average molecular weight is 359 g/mol. The number of aldehydes is 1. The van der Waals surface area contributed by atoms with Gasteiger partial charge in [0.25, 0.3) is 0 Å². The minimum atomic E-state index is -0.312. The summed E-state index contributed by atoms with van der Waals surface area (Å²) in [6, 6.07) is 10.3. The van der Waals surface area contributed by atoms with E-state index in [4.69, 9.17) is 5.73 Å². The third-order valence-corrected chi connectivity index (χ3v) is 6.24. The number of carbonyl (C=O) groups excluding carboxylic acids is 2. The number of benzene rings is 1. The Balaban J connectivity index is 1.59. The second-order valence-corrected chi connectivity index (χ2v) is 8.33. The van der Waals surface area contributed by atoms with Gasteiger partial charge in [-0.2, -0.15) is 0 Å². The van der Waals surface area contributed by atoms with Crippen LogP contribution < -0.4 is 5.73 Å². The van der Waals surface area contributed by atoms with Crippen LogP contribution in [0.15, 0.2) is 40.9 Å². The van der Waals surface area contributed by atoms with Gasteiger partial charge in [-0.3, -0.25) is 9.69 Å². The zero-order valence-corrected chi connectivity index (χ0v) is 15.6. The number of likely N-dealkylation sites (tertiary alicyclic amines) is 1. The van der Waals surface area contributed by atoms with Crippen molar-refractivity contribution in [1.82, 2.24) is 9.80 Å². The van der Waals surface area contributed by atoms with Crippen molar-refractivity contribution in [3.63, 3.8) is 0 Å². The predicted molar refractivity (Wildman–Crippen MR) is 101 cm³/mol. The van der Waals surface area contributed by atoms with Crippen LogP contribution in [0.4, 0.5) is 0 Å². The summed E-state index contributed by atoms with van der Waals surface area (Å²) in [7, 11) is 1.99. The van der Waals surface area contributed by atoms with Gasteiger partial charge in [-0.05, 0) is 18.9 Å². The number of rotatable bonds is 7. The van der Waals surface area contributed by atoms with Crippen LogP contribution in [0.5, 0.6) is 0 Å². The first-order chi connectivity index (χ1) is 11.9. The SMILES string of the molecule is CC1=C(C(=O)CN2CC(N)(CCC=O)C2)N(C)C(c2ccccc2)S1. The molecule has 1 aromatic carbocycles. The van der Waals surface area contributed by atoms with Crippen LogP contribution in [0.1, 0.15) is 30.7 Å². The molecule has 6 heteroatoms. The molecule has 3 rings (SSSR count). The Morgan fingerprint density at radius 1 is 1.36 bits per heavy atom. The normalized spacial score (nSPS) is 22.8. The van der Waals surface area contributed by atoms with Gasteiger partial charge in [0.1, 0.15) is 11.7 Å². The van der Waals surface area contributed by atoms with Crippen LogP contribution in [0.25, 0.3) is 0 Å². The molecule has 0 radical (unpaired) electrons. The lowest BCUT2D eigenvalue weighted by atomic mass is 9.86. The second-order valence-electron chi connectivity index (χ2n) is 7.03. The van der Waals surface area contributed by atoms with Gasteiger partial charge in [0.05, 0.1) is 12.2 Å². The first-order valence-corrected chi connectivity index (χ1v) is 9.45. The fourth-order valence-electron chi connectivity index (χ4n) is 3.71. The first kappa shape index (κ1) is 18.2. The summed E-state index contributed by atoms with van der Waals surface area (Å²) in [6.07, 6.45) is 2.08. The maximum absolute atomic E-state index is 12.8. The number of nitrogens with zero attached hydrogens (tertiary/aromatic N) is 2. The second kappa shape index (κ2) is 7.32. The Hall–Kier alpha value is -1.63. The highest BCUT2D eigenvalue weighted by atomic mass is 32.2. The monoisotopic (exact) mass is 359 g/mol. The van der Waals surface area contributed by atoms with E-state index in [-0.39, 0.29) is 16.7 Å². The number of carbonyl (C=O) groups is 2. The highest BCUT2D eigenvalue weighted by Gasteiger charge is 2.41. The molecule has 1 atom stereocenters. The van der Waals surface area contributed by atoms with Gasteiger partial charge in [-0.15, -0.1) is 0 Å². The van der Waals surface area contributed by atoms with E-state index in [9.17, 15) is 9.59 Å². The predicted octanol–water partition coefficient (Wildman–Crippen LogP) is 2.16. The van der Waals surface area contributed by atoms with Crippen molar-refractivity contribution < 1.29 is 9.59 Å². The van der Waals surface area contributed by atoms with E-state index in [1.165, 1.54) is 5.56 Å². The van der Waals surface area contributed by atoms with Crippen molar-refractivity contribution in [3.8, 4) is 0 Å². The van der Waals surface area contributed by atoms with E-state index in [0.717, 1.165) is 16.9 Å². The van der Waals surface area contributed by atoms with E-state index >= 15 is 0 Å². The number of hydrogen-bond acceptors (Lipinski definition) is 6. The molecule has 2 aliphatic rings. The van der Waals surface area contributed by atoms with Gasteiger partial charge < -0.3 is 15.4 Å². The van der Waals surface area contributed by atoms with E-state index in [1.807, 2.05) is 32.2 Å². The van der Waals surface area contributed by atoms with E-state index in [2.05, 4.69) is 21.9 Å². The van der Waals surface area contributed by atoms with Crippen molar-refractivity contribution in [2.24, 2.45) is 5.73 Å². The molecule has 0 saturated carbocycles. The number of ketones is 1. The molecule has 0 spiro atoms. The molecule has 2 heterocycles. The molecular formula is C19H25N3O2S. The molecule has 2 N–H and O–H groups in total. The van der Waals surface area contributed by atoms with Crippen LogP contribution in [0, 0.1) is 0 Å². The quantitative estimate of drug-likeness (QED) is 0.753. The third-order valence-electron chi connectivity index (χ3n) is 4.88. The van der Waals surface area contributed by atoms with Crippen molar-refractivity contribution in [2.75, 3.05) is 26.7 Å². The Morgan fingerprint density at radius 3 is 2.68 bits per heavy atom. The van der Waals surface area contributed by atoms with Gasteiger partial charge >= 0.3 is 0 Å². The van der Waals surface area contributed by atoms with Gasteiger partial charge in [0.2, 0.25) is 0 Å². The fourth-order valence-corrected chi connectivity index (χ4v) is 4.97. The van der Waals surface area contributed by atoms with Crippen molar-refractivity contribution in [1.29, 1.82) is 0 Å². The number of likely N-dealkylation sites (N-methyl/N-ethyl adjacent to an activating group) is 1. The van der Waals surface area contributed by atoms with E-state index in [1.54, 1.807) is 11.8 Å². The summed E-state index contributed by atoms with van der Waals surface area (Å²) in [4.78, 5) is 28.6. The van der Waals surface area contributed by atoms with Crippen LogP contribution in [-0.2, 0) is 9.59 Å². The van der Waals surface area contributed by atoms with Crippen molar-refractivity contribution in [2.45, 2.75) is 30.7 Å². The lowest BCUT2D eigenvalue weighted by Gasteiger charge is -2.47. The lowest BCUT2D eigenvalue weighted by molar-refractivity contribution is -0.120. The molecule has 0 aliphatic carbocycles. The topological polar surface area (TPSA) is 66.6 Å². The zero-order valence-electron chi connectivity index (χ0n) is 14.8.